The van der Waals surface area contributed by atoms with Crippen LogP contribution < -0.4 is 5.43 Å². The number of phenolic OH excluding ortho intramolecular Hbond substituents is 4. The van der Waals surface area contributed by atoms with Crippen LogP contribution in [-0.2, 0) is 6.42 Å². The largest absolute Gasteiger partial charge is 0.507 e. The van der Waals surface area contributed by atoms with Crippen molar-refractivity contribution < 1.29 is 24.8 Å². The maximum atomic E-state index is 12.8. The number of hydrogen-bond donors (Lipinski definition) is 4. The Morgan fingerprint density at radius 3 is 2.14 bits per heavy atom. The van der Waals surface area contributed by atoms with Crippen LogP contribution in [0.1, 0.15) is 58.9 Å². The summed E-state index contributed by atoms with van der Waals surface area (Å²) in [6.07, 6.45) is 10.6. The number of benzene rings is 2. The highest BCUT2D eigenvalue weighted by Crippen LogP contribution is 2.37. The summed E-state index contributed by atoms with van der Waals surface area (Å²) in [5.41, 5.74) is 3.99. The second-order valence-electron chi connectivity index (χ2n) is 9.44. The molecule has 0 bridgehead atoms. The molecular weight excluding hydrogens is 456 g/mol. The van der Waals surface area contributed by atoms with Gasteiger partial charge >= 0.3 is 0 Å². The molecule has 1 aromatic heterocycles. The van der Waals surface area contributed by atoms with Crippen molar-refractivity contribution in [3.8, 4) is 34.3 Å². The fourth-order valence-corrected chi connectivity index (χ4v) is 3.97. The summed E-state index contributed by atoms with van der Waals surface area (Å²) in [4.78, 5) is 12.8. The molecule has 3 rings (SSSR count). The van der Waals surface area contributed by atoms with Gasteiger partial charge in [-0.15, -0.1) is 0 Å². The minimum Gasteiger partial charge on any atom is -0.507 e. The molecule has 190 valence electrons. The second-order valence-corrected chi connectivity index (χ2v) is 9.44. The molecule has 3 aromatic rings. The molecule has 0 radical (unpaired) electrons. The maximum absolute atomic E-state index is 12.8. The average Bonchev–Trinajstić information content (AvgIpc) is 2.79. The molecule has 0 spiro atoms. The van der Waals surface area contributed by atoms with Crippen molar-refractivity contribution in [2.45, 2.75) is 59.8 Å². The summed E-state index contributed by atoms with van der Waals surface area (Å²) < 4.78 is 5.74. The Kier molecular flexibility index (Phi) is 8.64. The van der Waals surface area contributed by atoms with E-state index in [9.17, 15) is 25.2 Å². The molecule has 1 heterocycles. The second kappa shape index (κ2) is 11.7. The lowest BCUT2D eigenvalue weighted by Gasteiger charge is -2.10. The molecule has 0 aliphatic heterocycles. The first kappa shape index (κ1) is 26.7. The molecule has 0 aliphatic rings. The summed E-state index contributed by atoms with van der Waals surface area (Å²) in [5.74, 6) is -0.997. The SMILES string of the molecule is CC(C)=CCCC(C)=CCCC(C)=CCc1c(O)cc2oc(-c3ccc(O)c(O)c3)cc(=O)c2c1O. The first-order valence-corrected chi connectivity index (χ1v) is 12.1. The first-order valence-electron chi connectivity index (χ1n) is 12.1. The van der Waals surface area contributed by atoms with E-state index in [0.29, 0.717) is 5.56 Å². The van der Waals surface area contributed by atoms with Crippen molar-refractivity contribution in [3.05, 3.63) is 81.1 Å². The van der Waals surface area contributed by atoms with E-state index in [4.69, 9.17) is 4.42 Å². The van der Waals surface area contributed by atoms with Gasteiger partial charge in [-0.1, -0.05) is 34.9 Å². The van der Waals surface area contributed by atoms with Crippen molar-refractivity contribution in [2.24, 2.45) is 0 Å². The molecule has 4 N–H and O–H groups in total. The molecule has 6 nitrogen and oxygen atoms in total. The summed E-state index contributed by atoms with van der Waals surface area (Å²) in [5, 5.41) is 40.6. The minimum atomic E-state index is -0.480. The van der Waals surface area contributed by atoms with Gasteiger partial charge in [0.15, 0.2) is 16.9 Å². The molecule has 0 saturated heterocycles. The van der Waals surface area contributed by atoms with Crippen LogP contribution >= 0.6 is 0 Å². The Labute approximate surface area is 211 Å². The van der Waals surface area contributed by atoms with E-state index in [-0.39, 0.29) is 51.7 Å². The molecule has 0 aliphatic carbocycles. The van der Waals surface area contributed by atoms with Gasteiger partial charge in [-0.2, -0.15) is 0 Å². The lowest BCUT2D eigenvalue weighted by molar-refractivity contribution is 0.404. The Bertz CT molecular complexity index is 1400. The topological polar surface area (TPSA) is 111 Å². The van der Waals surface area contributed by atoms with E-state index in [0.717, 1.165) is 31.3 Å². The number of rotatable bonds is 9. The first-order chi connectivity index (χ1) is 17.1. The highest BCUT2D eigenvalue weighted by molar-refractivity contribution is 5.88. The predicted octanol–water partition coefficient (Wildman–Crippen LogP) is 7.24. The molecule has 0 atom stereocenters. The number of fused-ring (bicyclic) bond motifs is 1. The summed E-state index contributed by atoms with van der Waals surface area (Å²) in [6, 6.07) is 6.56. The Morgan fingerprint density at radius 1 is 0.806 bits per heavy atom. The van der Waals surface area contributed by atoms with Crippen LogP contribution in [-0.4, -0.2) is 20.4 Å². The minimum absolute atomic E-state index is 0.0180. The maximum Gasteiger partial charge on any atom is 0.197 e. The van der Waals surface area contributed by atoms with E-state index >= 15 is 0 Å². The molecule has 0 saturated carbocycles. The Hall–Kier alpha value is -3.93. The monoisotopic (exact) mass is 490 g/mol. The van der Waals surface area contributed by atoms with Crippen molar-refractivity contribution in [1.82, 2.24) is 0 Å². The van der Waals surface area contributed by atoms with Gasteiger partial charge in [-0.25, -0.2) is 0 Å². The number of allylic oxidation sites excluding steroid dienone is 6. The molecule has 36 heavy (non-hydrogen) atoms. The van der Waals surface area contributed by atoms with E-state index in [1.165, 1.54) is 41.5 Å². The van der Waals surface area contributed by atoms with Crippen LogP contribution in [0.5, 0.6) is 23.0 Å². The van der Waals surface area contributed by atoms with Gasteiger partial charge in [-0.3, -0.25) is 4.79 Å². The summed E-state index contributed by atoms with van der Waals surface area (Å²) >= 11 is 0. The van der Waals surface area contributed by atoms with Crippen LogP contribution in [0.4, 0.5) is 0 Å². The number of aromatic hydroxyl groups is 4. The van der Waals surface area contributed by atoms with Gasteiger partial charge in [0.1, 0.15) is 28.2 Å². The lowest BCUT2D eigenvalue weighted by atomic mass is 10.0. The van der Waals surface area contributed by atoms with Crippen LogP contribution in [0, 0.1) is 0 Å². The van der Waals surface area contributed by atoms with Crippen molar-refractivity contribution in [1.29, 1.82) is 0 Å². The molecule has 6 heteroatoms. The molecular formula is C30H34O6. The third kappa shape index (κ3) is 6.60. The zero-order chi connectivity index (χ0) is 26.4. The average molecular weight is 491 g/mol. The third-order valence-electron chi connectivity index (χ3n) is 6.11. The van der Waals surface area contributed by atoms with Gasteiger partial charge in [-0.05, 0) is 78.0 Å². The number of hydrogen-bond acceptors (Lipinski definition) is 6. The lowest BCUT2D eigenvalue weighted by Crippen LogP contribution is -2.02. The smallest absolute Gasteiger partial charge is 0.197 e. The quantitative estimate of drug-likeness (QED) is 0.186. The van der Waals surface area contributed by atoms with Crippen LogP contribution in [0.2, 0.25) is 0 Å². The molecule has 0 fully saturated rings. The Morgan fingerprint density at radius 2 is 1.47 bits per heavy atom. The van der Waals surface area contributed by atoms with E-state index in [1.807, 2.05) is 13.0 Å². The highest BCUT2D eigenvalue weighted by atomic mass is 16.3. The predicted molar refractivity (Wildman–Crippen MR) is 144 cm³/mol. The highest BCUT2D eigenvalue weighted by Gasteiger charge is 2.18. The van der Waals surface area contributed by atoms with Gasteiger partial charge in [0, 0.05) is 23.3 Å². The number of phenols is 4. The fourth-order valence-electron chi connectivity index (χ4n) is 3.97. The zero-order valence-electron chi connectivity index (χ0n) is 21.3. The molecule has 0 unspecified atom stereocenters. The van der Waals surface area contributed by atoms with E-state index in [1.54, 1.807) is 0 Å². The van der Waals surface area contributed by atoms with Crippen molar-refractivity contribution in [3.63, 3.8) is 0 Å². The summed E-state index contributed by atoms with van der Waals surface area (Å²) in [7, 11) is 0. The van der Waals surface area contributed by atoms with Crippen molar-refractivity contribution >= 4 is 11.0 Å². The third-order valence-corrected chi connectivity index (χ3v) is 6.11. The molecule has 2 aromatic carbocycles. The van der Waals surface area contributed by atoms with Crippen molar-refractivity contribution in [2.75, 3.05) is 0 Å². The fraction of sp³-hybridized carbons (Fsp3) is 0.300. The van der Waals surface area contributed by atoms with Gasteiger partial charge < -0.3 is 24.8 Å². The summed E-state index contributed by atoms with van der Waals surface area (Å²) in [6.45, 7) is 8.36. The van der Waals surface area contributed by atoms with Gasteiger partial charge in [0.25, 0.3) is 0 Å². The molecule has 0 amide bonds. The van der Waals surface area contributed by atoms with Crippen LogP contribution in [0.3, 0.4) is 0 Å². The zero-order valence-corrected chi connectivity index (χ0v) is 21.3. The van der Waals surface area contributed by atoms with Crippen LogP contribution in [0.15, 0.2) is 74.5 Å². The Balaban J connectivity index is 1.78. The van der Waals surface area contributed by atoms with E-state index in [2.05, 4.69) is 32.9 Å². The van der Waals surface area contributed by atoms with Gasteiger partial charge in [0.05, 0.1) is 0 Å². The van der Waals surface area contributed by atoms with Gasteiger partial charge in [0.2, 0.25) is 0 Å². The normalized spacial score (nSPS) is 12.2. The van der Waals surface area contributed by atoms with Crippen LogP contribution in [0.25, 0.3) is 22.3 Å². The van der Waals surface area contributed by atoms with E-state index < -0.39 is 5.43 Å². The standard InChI is InChI=1S/C30H34O6/c1-18(2)7-5-8-19(3)9-6-10-20(4)11-13-22-24(32)16-28-29(30(22)35)26(34)17-27(36-28)21-12-14-23(31)25(33)15-21/h7,9,11-12,14-17,31-33,35H,5-6,8,10,13H2,1-4H3.